The van der Waals surface area contributed by atoms with Gasteiger partial charge in [0.1, 0.15) is 23.4 Å². The van der Waals surface area contributed by atoms with Gasteiger partial charge in [-0.1, -0.05) is 72.8 Å². The number of alkyl carbamates (subject to hydrolysis) is 1. The SMILES string of the molecule is CC(C)(C)OC(=O)N[C@@H](Cc1ccc(O)cc1)C(=O)N[C@@H](CCCNC(=O)CCCCC(=O)O)C(=O)NCC(=O)CC(=O)NC(c1ccccc1)c1ccccc1. The fraction of sp³-hybridized carbons (Fsp3) is 0.405. The van der Waals surface area contributed by atoms with E-state index in [2.05, 4.69) is 26.6 Å². The van der Waals surface area contributed by atoms with E-state index in [0.29, 0.717) is 18.4 Å². The summed E-state index contributed by atoms with van der Waals surface area (Å²) in [5.41, 5.74) is 1.34. The van der Waals surface area contributed by atoms with Crippen molar-refractivity contribution in [3.63, 3.8) is 0 Å². The number of unbranched alkanes of at least 4 members (excludes halogenated alkanes) is 1. The Morgan fingerprint density at radius 3 is 1.84 bits per heavy atom. The highest BCUT2D eigenvalue weighted by molar-refractivity contribution is 6.01. The highest BCUT2D eigenvalue weighted by Gasteiger charge is 2.29. The molecular formula is C42H53N5O10. The predicted molar refractivity (Wildman–Crippen MR) is 211 cm³/mol. The highest BCUT2D eigenvalue weighted by atomic mass is 16.6. The molecule has 0 heterocycles. The number of Topliss-reactive ketones (excluding diaryl/α,β-unsaturated/α-hetero) is 1. The molecule has 306 valence electrons. The third-order valence-electron chi connectivity index (χ3n) is 8.44. The zero-order valence-electron chi connectivity index (χ0n) is 32.5. The van der Waals surface area contributed by atoms with Crippen LogP contribution in [0.4, 0.5) is 4.79 Å². The topological polar surface area (TPSA) is 229 Å². The minimum atomic E-state index is -1.23. The molecule has 15 heteroatoms. The second kappa shape index (κ2) is 23.0. The average molecular weight is 788 g/mol. The lowest BCUT2D eigenvalue weighted by molar-refractivity contribution is -0.137. The first kappa shape index (κ1) is 45.1. The summed E-state index contributed by atoms with van der Waals surface area (Å²) in [4.78, 5) is 89.1. The zero-order chi connectivity index (χ0) is 41.8. The number of carboxylic acid groups (broad SMARTS) is 1. The van der Waals surface area contributed by atoms with Gasteiger partial charge in [-0.25, -0.2) is 4.79 Å². The monoisotopic (exact) mass is 787 g/mol. The number of amides is 5. The summed E-state index contributed by atoms with van der Waals surface area (Å²) in [6.07, 6.45) is -0.389. The first-order valence-electron chi connectivity index (χ1n) is 18.8. The van der Waals surface area contributed by atoms with E-state index < -0.39 is 72.3 Å². The van der Waals surface area contributed by atoms with Crippen molar-refractivity contribution < 1.29 is 48.5 Å². The number of benzene rings is 3. The van der Waals surface area contributed by atoms with Gasteiger partial charge in [-0.15, -0.1) is 0 Å². The first-order chi connectivity index (χ1) is 27.1. The van der Waals surface area contributed by atoms with Crippen molar-refractivity contribution in [2.24, 2.45) is 0 Å². The Morgan fingerprint density at radius 2 is 1.26 bits per heavy atom. The number of ketones is 1. The fourth-order valence-electron chi connectivity index (χ4n) is 5.66. The molecule has 2 atom stereocenters. The maximum atomic E-state index is 13.7. The van der Waals surface area contributed by atoms with Crippen molar-refractivity contribution in [1.82, 2.24) is 26.6 Å². The van der Waals surface area contributed by atoms with Gasteiger partial charge in [0.25, 0.3) is 0 Å². The normalized spacial score (nSPS) is 12.1. The number of rotatable bonds is 22. The van der Waals surface area contributed by atoms with Crippen molar-refractivity contribution in [2.45, 2.75) is 95.9 Å². The second-order valence-electron chi connectivity index (χ2n) is 14.5. The molecule has 0 aliphatic heterocycles. The van der Waals surface area contributed by atoms with Crippen molar-refractivity contribution in [2.75, 3.05) is 13.1 Å². The molecule has 57 heavy (non-hydrogen) atoms. The van der Waals surface area contributed by atoms with Crippen LogP contribution >= 0.6 is 0 Å². The number of carbonyl (C=O) groups is 7. The van der Waals surface area contributed by atoms with Crippen LogP contribution in [0.3, 0.4) is 0 Å². The highest BCUT2D eigenvalue weighted by Crippen LogP contribution is 2.22. The van der Waals surface area contributed by atoms with Crippen molar-refractivity contribution in [3.8, 4) is 5.75 Å². The molecule has 0 saturated heterocycles. The van der Waals surface area contributed by atoms with Gasteiger partial charge >= 0.3 is 12.1 Å². The number of aromatic hydroxyl groups is 1. The van der Waals surface area contributed by atoms with Gasteiger partial charge in [0, 0.05) is 25.8 Å². The van der Waals surface area contributed by atoms with Crippen LogP contribution in [0, 0.1) is 0 Å². The van der Waals surface area contributed by atoms with E-state index in [9.17, 15) is 38.7 Å². The molecule has 0 saturated carbocycles. The molecule has 0 aliphatic rings. The molecular weight excluding hydrogens is 734 g/mol. The average Bonchev–Trinajstić information content (AvgIpc) is 3.16. The Balaban J connectivity index is 1.69. The summed E-state index contributed by atoms with van der Waals surface area (Å²) in [6, 6.07) is 21.6. The van der Waals surface area contributed by atoms with Gasteiger partial charge < -0.3 is 41.5 Å². The van der Waals surface area contributed by atoms with Crippen LogP contribution in [-0.4, -0.2) is 82.5 Å². The summed E-state index contributed by atoms with van der Waals surface area (Å²) in [7, 11) is 0. The lowest BCUT2D eigenvalue weighted by Gasteiger charge is -2.25. The largest absolute Gasteiger partial charge is 0.508 e. The van der Waals surface area contributed by atoms with E-state index in [4.69, 9.17) is 9.84 Å². The van der Waals surface area contributed by atoms with Crippen LogP contribution in [-0.2, 0) is 39.9 Å². The Kier molecular flexibility index (Phi) is 18.2. The molecule has 7 N–H and O–H groups in total. The van der Waals surface area contributed by atoms with Gasteiger partial charge in [-0.05, 0) is 75.3 Å². The maximum absolute atomic E-state index is 13.7. The Morgan fingerprint density at radius 1 is 0.667 bits per heavy atom. The van der Waals surface area contributed by atoms with E-state index in [1.165, 1.54) is 12.1 Å². The molecule has 3 aromatic carbocycles. The molecule has 0 unspecified atom stereocenters. The Bertz CT molecular complexity index is 1760. The van der Waals surface area contributed by atoms with Crippen molar-refractivity contribution in [1.29, 1.82) is 0 Å². The lowest BCUT2D eigenvalue weighted by Crippen LogP contribution is -2.55. The molecule has 0 fully saturated rings. The molecule has 0 spiro atoms. The van der Waals surface area contributed by atoms with E-state index in [0.717, 1.165) is 11.1 Å². The number of hydrogen-bond donors (Lipinski definition) is 7. The van der Waals surface area contributed by atoms with E-state index in [-0.39, 0.29) is 50.3 Å². The van der Waals surface area contributed by atoms with Crippen LogP contribution in [0.15, 0.2) is 84.9 Å². The summed E-state index contributed by atoms with van der Waals surface area (Å²) in [5, 5.41) is 31.8. The number of nitrogens with one attached hydrogen (secondary N) is 5. The van der Waals surface area contributed by atoms with Crippen LogP contribution in [0.1, 0.15) is 88.4 Å². The van der Waals surface area contributed by atoms with Gasteiger partial charge in [0.15, 0.2) is 5.78 Å². The number of carboxylic acids is 1. The van der Waals surface area contributed by atoms with E-state index in [1.807, 2.05) is 60.7 Å². The molecule has 0 bridgehead atoms. The number of phenolic OH excluding ortho intramolecular Hbond substituents is 1. The number of hydrogen-bond acceptors (Lipinski definition) is 9. The minimum absolute atomic E-state index is 0.00294. The molecule has 15 nitrogen and oxygen atoms in total. The molecule has 3 aromatic rings. The minimum Gasteiger partial charge on any atom is -0.508 e. The molecule has 0 radical (unpaired) electrons. The number of phenols is 1. The van der Waals surface area contributed by atoms with Gasteiger partial charge in [-0.2, -0.15) is 0 Å². The van der Waals surface area contributed by atoms with Crippen LogP contribution in [0.2, 0.25) is 0 Å². The van der Waals surface area contributed by atoms with E-state index in [1.54, 1.807) is 32.9 Å². The van der Waals surface area contributed by atoms with Gasteiger partial charge in [-0.3, -0.25) is 28.8 Å². The Hall–Kier alpha value is -6.25. The third kappa shape index (κ3) is 17.8. The molecule has 5 amide bonds. The fourth-order valence-corrected chi connectivity index (χ4v) is 5.66. The number of carbonyl (C=O) groups excluding carboxylic acids is 6. The lowest BCUT2D eigenvalue weighted by atomic mass is 9.98. The molecule has 0 aromatic heterocycles. The summed E-state index contributed by atoms with van der Waals surface area (Å²) in [6.45, 7) is 4.60. The van der Waals surface area contributed by atoms with Crippen molar-refractivity contribution in [3.05, 3.63) is 102 Å². The maximum Gasteiger partial charge on any atom is 0.408 e. The second-order valence-corrected chi connectivity index (χ2v) is 14.5. The first-order valence-corrected chi connectivity index (χ1v) is 18.8. The standard InChI is InChI=1S/C42H53N5O10/c1-42(2,3)57-41(56)46-34(25-28-20-22-31(48)23-21-28)40(55)45-33(17-12-24-43-35(50)18-10-11-19-37(52)53)39(54)44-27-32(49)26-36(51)47-38(29-13-6-4-7-14-29)30-15-8-5-9-16-30/h4-9,13-16,20-23,33-34,38,48H,10-12,17-19,24-27H2,1-3H3,(H,43,50)(H,44,54)(H,45,55)(H,46,56)(H,47,51)(H,52,53)/t33-,34-/m0/s1. The smallest absolute Gasteiger partial charge is 0.408 e. The molecule has 0 aliphatic carbocycles. The number of aliphatic carboxylic acids is 1. The van der Waals surface area contributed by atoms with Crippen LogP contribution in [0.25, 0.3) is 0 Å². The van der Waals surface area contributed by atoms with Gasteiger partial charge in [0.05, 0.1) is 19.0 Å². The summed E-state index contributed by atoms with van der Waals surface area (Å²) < 4.78 is 5.36. The Labute approximate surface area is 332 Å². The van der Waals surface area contributed by atoms with Gasteiger partial charge in [0.2, 0.25) is 23.6 Å². The van der Waals surface area contributed by atoms with E-state index >= 15 is 0 Å². The third-order valence-corrected chi connectivity index (χ3v) is 8.44. The predicted octanol–water partition coefficient (Wildman–Crippen LogP) is 3.84. The zero-order valence-corrected chi connectivity index (χ0v) is 32.5. The van der Waals surface area contributed by atoms with Crippen molar-refractivity contribution >= 4 is 41.5 Å². The summed E-state index contributed by atoms with van der Waals surface area (Å²) >= 11 is 0. The molecule has 3 rings (SSSR count). The quantitative estimate of drug-likeness (QED) is 0.0575. The van der Waals surface area contributed by atoms with Crippen LogP contribution in [0.5, 0.6) is 5.75 Å². The number of ether oxygens (including phenoxy) is 1. The summed E-state index contributed by atoms with van der Waals surface area (Å²) in [5.74, 6) is -3.86. The van der Waals surface area contributed by atoms with Crippen LogP contribution < -0.4 is 26.6 Å².